The van der Waals surface area contributed by atoms with E-state index in [2.05, 4.69) is 20.0 Å². The topological polar surface area (TPSA) is 90.4 Å². The molecule has 1 heterocycles. The van der Waals surface area contributed by atoms with Crippen LogP contribution in [0.15, 0.2) is 36.7 Å². The first-order valence-electron chi connectivity index (χ1n) is 8.68. The third kappa shape index (κ3) is 5.17. The number of nitrogens with one attached hydrogen (secondary N) is 1. The van der Waals surface area contributed by atoms with Gasteiger partial charge in [-0.05, 0) is 49.9 Å². The Hall–Kier alpha value is -2.67. The molecule has 1 saturated carbocycles. The molecule has 0 radical (unpaired) electrons. The highest BCUT2D eigenvalue weighted by Gasteiger charge is 2.24. The Labute approximate surface area is 162 Å². The van der Waals surface area contributed by atoms with Crippen LogP contribution in [0.3, 0.4) is 0 Å². The van der Waals surface area contributed by atoms with Gasteiger partial charge in [0, 0.05) is 11.6 Å². The minimum Gasteiger partial charge on any atom is -0.465 e. The molecular formula is C19H20ClN3O4. The first-order valence-corrected chi connectivity index (χ1v) is 9.06. The second kappa shape index (κ2) is 8.81. The zero-order valence-electron chi connectivity index (χ0n) is 14.9. The van der Waals surface area contributed by atoms with Gasteiger partial charge in [-0.15, -0.1) is 0 Å². The molecule has 1 aliphatic carbocycles. The molecule has 1 aliphatic rings. The largest absolute Gasteiger partial charge is 0.465 e. The van der Waals surface area contributed by atoms with Crippen LogP contribution >= 0.6 is 11.6 Å². The van der Waals surface area contributed by atoms with E-state index in [1.165, 1.54) is 19.5 Å². The van der Waals surface area contributed by atoms with Gasteiger partial charge in [0.2, 0.25) is 0 Å². The Bertz CT molecular complexity index is 788. The summed E-state index contributed by atoms with van der Waals surface area (Å²) in [6, 6.07) is 6.80. The molecule has 1 aromatic heterocycles. The first kappa shape index (κ1) is 19.1. The summed E-state index contributed by atoms with van der Waals surface area (Å²) in [6.07, 6.45) is 6.26. The lowest BCUT2D eigenvalue weighted by Crippen LogP contribution is -2.39. The quantitative estimate of drug-likeness (QED) is 0.790. The monoisotopic (exact) mass is 389 g/mol. The number of carbonyl (C=O) groups excluding carboxylic acids is 2. The van der Waals surface area contributed by atoms with Crippen molar-refractivity contribution in [1.82, 2.24) is 15.3 Å². The van der Waals surface area contributed by atoms with Crippen LogP contribution in [0.2, 0.25) is 5.02 Å². The second-order valence-corrected chi connectivity index (χ2v) is 6.75. The lowest BCUT2D eigenvalue weighted by atomic mass is 9.92. The third-order valence-corrected chi connectivity index (χ3v) is 4.64. The summed E-state index contributed by atoms with van der Waals surface area (Å²) in [4.78, 5) is 31.9. The Balaban J connectivity index is 1.47. The Morgan fingerprint density at radius 1 is 1.04 bits per heavy atom. The Morgan fingerprint density at radius 3 is 2.22 bits per heavy atom. The molecular weight excluding hydrogens is 370 g/mol. The van der Waals surface area contributed by atoms with E-state index in [9.17, 15) is 9.59 Å². The van der Waals surface area contributed by atoms with Crippen LogP contribution in [0.4, 0.5) is 0 Å². The number of rotatable bonds is 5. The number of halogens is 1. The zero-order valence-corrected chi connectivity index (χ0v) is 15.6. The molecule has 1 N–H and O–H groups in total. The molecule has 0 saturated heterocycles. The SMILES string of the molecule is COC(=O)c1ccc(C(=O)NC2CCC(Oc3ncc(Cl)cn3)CC2)cc1. The van der Waals surface area contributed by atoms with Crippen molar-refractivity contribution < 1.29 is 19.1 Å². The van der Waals surface area contributed by atoms with Crippen LogP contribution in [0.5, 0.6) is 6.01 Å². The number of amides is 1. The molecule has 1 aromatic carbocycles. The van der Waals surface area contributed by atoms with Crippen LogP contribution in [0.25, 0.3) is 0 Å². The number of hydrogen-bond acceptors (Lipinski definition) is 6. The highest BCUT2D eigenvalue weighted by molar-refractivity contribution is 6.30. The number of carbonyl (C=O) groups is 2. The van der Waals surface area contributed by atoms with Gasteiger partial charge >= 0.3 is 12.0 Å². The van der Waals surface area contributed by atoms with Gasteiger partial charge in [-0.25, -0.2) is 14.8 Å². The van der Waals surface area contributed by atoms with Crippen LogP contribution in [0, 0.1) is 0 Å². The van der Waals surface area contributed by atoms with Crippen LogP contribution < -0.4 is 10.1 Å². The van der Waals surface area contributed by atoms with E-state index in [4.69, 9.17) is 16.3 Å². The first-order chi connectivity index (χ1) is 13.0. The second-order valence-electron chi connectivity index (χ2n) is 6.32. The van der Waals surface area contributed by atoms with E-state index in [0.29, 0.717) is 22.2 Å². The number of nitrogens with zero attached hydrogens (tertiary/aromatic N) is 2. The van der Waals surface area contributed by atoms with Crippen molar-refractivity contribution in [2.45, 2.75) is 37.8 Å². The molecule has 27 heavy (non-hydrogen) atoms. The van der Waals surface area contributed by atoms with Gasteiger partial charge in [0.05, 0.1) is 30.1 Å². The van der Waals surface area contributed by atoms with E-state index in [1.807, 2.05) is 0 Å². The summed E-state index contributed by atoms with van der Waals surface area (Å²) in [5.74, 6) is -0.582. The summed E-state index contributed by atoms with van der Waals surface area (Å²) in [6.45, 7) is 0. The maximum absolute atomic E-state index is 12.4. The number of esters is 1. The molecule has 0 bridgehead atoms. The molecule has 0 spiro atoms. The zero-order chi connectivity index (χ0) is 19.2. The third-order valence-electron chi connectivity index (χ3n) is 4.45. The van der Waals surface area contributed by atoms with Crippen LogP contribution in [0.1, 0.15) is 46.4 Å². The summed E-state index contributed by atoms with van der Waals surface area (Å²) in [5, 5.41) is 3.50. The van der Waals surface area contributed by atoms with Gasteiger partial charge in [0.15, 0.2) is 0 Å². The normalized spacial score (nSPS) is 19.2. The van der Waals surface area contributed by atoms with Gasteiger partial charge in [-0.1, -0.05) is 11.6 Å². The van der Waals surface area contributed by atoms with Gasteiger partial charge in [-0.3, -0.25) is 4.79 Å². The summed E-state index contributed by atoms with van der Waals surface area (Å²) in [7, 11) is 1.32. The average Bonchev–Trinajstić information content (AvgIpc) is 2.70. The van der Waals surface area contributed by atoms with E-state index in [-0.39, 0.29) is 18.1 Å². The van der Waals surface area contributed by atoms with Crippen LogP contribution in [-0.2, 0) is 4.74 Å². The molecule has 0 unspecified atom stereocenters. The van der Waals surface area contributed by atoms with E-state index >= 15 is 0 Å². The predicted octanol–water partition coefficient (Wildman–Crippen LogP) is 3.04. The predicted molar refractivity (Wildman–Crippen MR) is 99.0 cm³/mol. The summed E-state index contributed by atoms with van der Waals surface area (Å²) in [5.41, 5.74) is 0.923. The van der Waals surface area contributed by atoms with Crippen molar-refractivity contribution in [3.8, 4) is 6.01 Å². The summed E-state index contributed by atoms with van der Waals surface area (Å²) < 4.78 is 10.4. The van der Waals surface area contributed by atoms with E-state index in [0.717, 1.165) is 25.7 Å². The standard InChI is InChI=1S/C19H20ClN3O4/c1-26-18(25)13-4-2-12(3-5-13)17(24)23-15-6-8-16(9-7-15)27-19-21-10-14(20)11-22-19/h2-5,10-11,15-16H,6-9H2,1H3,(H,23,24). The highest BCUT2D eigenvalue weighted by atomic mass is 35.5. The average molecular weight is 390 g/mol. The molecule has 1 amide bonds. The van der Waals surface area contributed by atoms with Crippen molar-refractivity contribution >= 4 is 23.5 Å². The number of aromatic nitrogens is 2. The lowest BCUT2D eigenvalue weighted by Gasteiger charge is -2.28. The minimum absolute atomic E-state index is 0.0265. The maximum Gasteiger partial charge on any atom is 0.337 e. The van der Waals surface area contributed by atoms with Crippen molar-refractivity contribution in [3.63, 3.8) is 0 Å². The highest BCUT2D eigenvalue weighted by Crippen LogP contribution is 2.23. The molecule has 8 heteroatoms. The van der Waals surface area contributed by atoms with Crippen molar-refractivity contribution in [2.75, 3.05) is 7.11 Å². The van der Waals surface area contributed by atoms with Gasteiger partial charge < -0.3 is 14.8 Å². The fourth-order valence-electron chi connectivity index (χ4n) is 2.98. The molecule has 3 rings (SSSR count). The smallest absolute Gasteiger partial charge is 0.337 e. The van der Waals surface area contributed by atoms with Crippen molar-refractivity contribution in [2.24, 2.45) is 0 Å². The number of ether oxygens (including phenoxy) is 2. The van der Waals surface area contributed by atoms with Gasteiger partial charge in [0.25, 0.3) is 5.91 Å². The fraction of sp³-hybridized carbons (Fsp3) is 0.368. The van der Waals surface area contributed by atoms with Gasteiger partial charge in [-0.2, -0.15) is 0 Å². The lowest BCUT2D eigenvalue weighted by molar-refractivity contribution is 0.0600. The molecule has 1 fully saturated rings. The van der Waals surface area contributed by atoms with E-state index < -0.39 is 5.97 Å². The number of hydrogen-bond donors (Lipinski definition) is 1. The summed E-state index contributed by atoms with van der Waals surface area (Å²) >= 11 is 5.76. The van der Waals surface area contributed by atoms with Gasteiger partial charge in [0.1, 0.15) is 6.10 Å². The number of methoxy groups -OCH3 is 1. The molecule has 0 aliphatic heterocycles. The molecule has 142 valence electrons. The molecule has 0 atom stereocenters. The Morgan fingerprint density at radius 2 is 1.63 bits per heavy atom. The van der Waals surface area contributed by atoms with Crippen molar-refractivity contribution in [1.29, 1.82) is 0 Å². The number of benzene rings is 1. The Kier molecular flexibility index (Phi) is 6.24. The van der Waals surface area contributed by atoms with E-state index in [1.54, 1.807) is 24.3 Å². The molecule has 7 nitrogen and oxygen atoms in total. The van der Waals surface area contributed by atoms with Crippen LogP contribution in [-0.4, -0.2) is 41.1 Å². The minimum atomic E-state index is -0.426. The fourth-order valence-corrected chi connectivity index (χ4v) is 3.08. The van der Waals surface area contributed by atoms with Crippen molar-refractivity contribution in [3.05, 3.63) is 52.8 Å². The maximum atomic E-state index is 12.4. The molecule has 2 aromatic rings.